The van der Waals surface area contributed by atoms with Crippen LogP contribution in [0.15, 0.2) is 60.7 Å². The molecule has 2 atom stereocenters. The maximum Gasteiger partial charge on any atom is 0.329 e. The Balaban J connectivity index is 1.67. The monoisotopic (exact) mass is 380 g/mol. The van der Waals surface area contributed by atoms with Crippen molar-refractivity contribution >= 4 is 11.9 Å². The van der Waals surface area contributed by atoms with E-state index in [0.717, 1.165) is 25.1 Å². The number of ether oxygens (including phenoxy) is 1. The second kappa shape index (κ2) is 9.51. The maximum atomic E-state index is 13.1. The number of amides is 1. The summed E-state index contributed by atoms with van der Waals surface area (Å²) < 4.78 is 5.01. The van der Waals surface area contributed by atoms with E-state index in [1.54, 1.807) is 4.90 Å². The van der Waals surface area contributed by atoms with E-state index < -0.39 is 6.04 Å². The first-order chi connectivity index (χ1) is 13.6. The summed E-state index contributed by atoms with van der Waals surface area (Å²) in [6, 6.07) is 19.4. The van der Waals surface area contributed by atoms with Crippen LogP contribution in [0.3, 0.4) is 0 Å². The van der Waals surface area contributed by atoms with Crippen LogP contribution in [0.5, 0.6) is 0 Å². The molecule has 1 saturated heterocycles. The van der Waals surface area contributed by atoms with Crippen molar-refractivity contribution in [2.45, 2.75) is 25.3 Å². The highest BCUT2D eigenvalue weighted by atomic mass is 16.5. The van der Waals surface area contributed by atoms with Gasteiger partial charge in [0.1, 0.15) is 6.04 Å². The van der Waals surface area contributed by atoms with Crippen LogP contribution in [0.25, 0.3) is 0 Å². The number of carbonyl (C=O) groups is 2. The largest absolute Gasteiger partial charge is 0.467 e. The van der Waals surface area contributed by atoms with Gasteiger partial charge < -0.3 is 9.64 Å². The van der Waals surface area contributed by atoms with Crippen LogP contribution in [0.2, 0.25) is 0 Å². The van der Waals surface area contributed by atoms with Gasteiger partial charge in [-0.15, -0.1) is 0 Å². The lowest BCUT2D eigenvalue weighted by molar-refractivity contribution is -0.156. The quantitative estimate of drug-likeness (QED) is 0.723. The van der Waals surface area contributed by atoms with Gasteiger partial charge in [0.2, 0.25) is 5.91 Å². The van der Waals surface area contributed by atoms with Gasteiger partial charge in [0.05, 0.1) is 13.0 Å². The average Bonchev–Trinajstić information content (AvgIpc) is 2.77. The fraction of sp³-hybridized carbons (Fsp3) is 0.391. The molecular formula is C23H28N2O3. The number of methoxy groups -OCH3 is 1. The van der Waals surface area contributed by atoms with Gasteiger partial charge in [-0.1, -0.05) is 60.7 Å². The van der Waals surface area contributed by atoms with Crippen molar-refractivity contribution in [2.75, 3.05) is 33.3 Å². The molecule has 2 unspecified atom stereocenters. The van der Waals surface area contributed by atoms with Gasteiger partial charge in [-0.25, -0.2) is 4.79 Å². The number of hydrogen-bond acceptors (Lipinski definition) is 4. The Kier molecular flexibility index (Phi) is 6.82. The molecule has 1 aliphatic heterocycles. The van der Waals surface area contributed by atoms with E-state index in [0.29, 0.717) is 13.1 Å². The Bertz CT molecular complexity index is 779. The molecule has 1 fully saturated rings. The van der Waals surface area contributed by atoms with E-state index in [2.05, 4.69) is 17.0 Å². The molecule has 28 heavy (non-hydrogen) atoms. The van der Waals surface area contributed by atoms with E-state index in [1.807, 2.05) is 55.5 Å². The number of nitrogens with zero attached hydrogens (tertiary/aromatic N) is 2. The molecule has 3 rings (SSSR count). The predicted octanol–water partition coefficient (Wildman–Crippen LogP) is 2.72. The Morgan fingerprint density at radius 3 is 2.32 bits per heavy atom. The molecule has 0 saturated carbocycles. The number of piperazine rings is 1. The van der Waals surface area contributed by atoms with Crippen molar-refractivity contribution in [3.8, 4) is 0 Å². The summed E-state index contributed by atoms with van der Waals surface area (Å²) in [5.74, 6) is -0.661. The third-order valence-corrected chi connectivity index (χ3v) is 5.45. The summed E-state index contributed by atoms with van der Waals surface area (Å²) in [5.41, 5.74) is 2.23. The minimum absolute atomic E-state index is 0.0238. The second-order valence-electron chi connectivity index (χ2n) is 7.24. The summed E-state index contributed by atoms with van der Waals surface area (Å²) in [7, 11) is 1.38. The van der Waals surface area contributed by atoms with Gasteiger partial charge in [-0.2, -0.15) is 0 Å². The van der Waals surface area contributed by atoms with Gasteiger partial charge in [0.25, 0.3) is 0 Å². The molecule has 148 valence electrons. The molecule has 0 bridgehead atoms. The summed E-state index contributed by atoms with van der Waals surface area (Å²) in [5, 5.41) is 0. The van der Waals surface area contributed by atoms with E-state index in [-0.39, 0.29) is 17.8 Å². The van der Waals surface area contributed by atoms with Crippen LogP contribution in [0.1, 0.15) is 24.0 Å². The molecule has 0 aromatic heterocycles. The maximum absolute atomic E-state index is 13.1. The molecule has 2 aromatic carbocycles. The Hall–Kier alpha value is -2.66. The molecule has 0 spiro atoms. The first-order valence-corrected chi connectivity index (χ1v) is 9.79. The molecule has 0 N–H and O–H groups in total. The number of carbonyl (C=O) groups excluding carboxylic acids is 2. The highest BCUT2D eigenvalue weighted by Gasteiger charge is 2.37. The fourth-order valence-electron chi connectivity index (χ4n) is 3.71. The molecule has 0 aliphatic carbocycles. The lowest BCUT2D eigenvalue weighted by Gasteiger charge is -2.41. The summed E-state index contributed by atoms with van der Waals surface area (Å²) in [6.07, 6.45) is 0.920. The Morgan fingerprint density at radius 1 is 1.04 bits per heavy atom. The lowest BCUT2D eigenvalue weighted by Crippen LogP contribution is -2.59. The van der Waals surface area contributed by atoms with E-state index in [9.17, 15) is 9.59 Å². The molecule has 0 radical (unpaired) electrons. The van der Waals surface area contributed by atoms with Crippen molar-refractivity contribution < 1.29 is 14.3 Å². The van der Waals surface area contributed by atoms with Crippen LogP contribution in [-0.2, 0) is 20.7 Å². The zero-order valence-corrected chi connectivity index (χ0v) is 16.6. The van der Waals surface area contributed by atoms with Crippen molar-refractivity contribution in [1.29, 1.82) is 0 Å². The molecular weight excluding hydrogens is 352 g/mol. The van der Waals surface area contributed by atoms with Crippen LogP contribution in [0.4, 0.5) is 0 Å². The van der Waals surface area contributed by atoms with Crippen molar-refractivity contribution in [1.82, 2.24) is 9.80 Å². The normalized spacial score (nSPS) is 18.5. The Morgan fingerprint density at radius 2 is 1.68 bits per heavy atom. The standard InChI is InChI=1S/C23H28N2O3/c1-18(20-11-7-4-8-12-20)22(26)25-16-15-24(17-21(25)23(27)28-2)14-13-19-9-5-3-6-10-19/h3-12,18,21H,13-17H2,1-2H3. The van der Waals surface area contributed by atoms with Gasteiger partial charge >= 0.3 is 5.97 Å². The van der Waals surface area contributed by atoms with Gasteiger partial charge in [0.15, 0.2) is 0 Å². The molecule has 2 aromatic rings. The first kappa shape index (κ1) is 20.1. The summed E-state index contributed by atoms with van der Waals surface area (Å²) >= 11 is 0. The van der Waals surface area contributed by atoms with E-state index >= 15 is 0 Å². The third-order valence-electron chi connectivity index (χ3n) is 5.45. The van der Waals surface area contributed by atoms with E-state index in [1.165, 1.54) is 12.7 Å². The van der Waals surface area contributed by atoms with Gasteiger partial charge in [-0.05, 0) is 24.5 Å². The van der Waals surface area contributed by atoms with Crippen molar-refractivity contribution in [3.05, 3.63) is 71.8 Å². The minimum atomic E-state index is -0.562. The topological polar surface area (TPSA) is 49.9 Å². The minimum Gasteiger partial charge on any atom is -0.467 e. The lowest BCUT2D eigenvalue weighted by atomic mass is 9.98. The van der Waals surface area contributed by atoms with Crippen LogP contribution in [0, 0.1) is 0 Å². The molecule has 1 aliphatic rings. The first-order valence-electron chi connectivity index (χ1n) is 9.79. The number of benzene rings is 2. The molecule has 1 amide bonds. The van der Waals surface area contributed by atoms with Gasteiger partial charge in [0, 0.05) is 26.2 Å². The zero-order chi connectivity index (χ0) is 19.9. The SMILES string of the molecule is COC(=O)C1CN(CCc2ccccc2)CCN1C(=O)C(C)c1ccccc1. The molecule has 5 heteroatoms. The average molecular weight is 380 g/mol. The highest BCUT2D eigenvalue weighted by molar-refractivity contribution is 5.88. The van der Waals surface area contributed by atoms with Crippen LogP contribution in [-0.4, -0.2) is 61.0 Å². The van der Waals surface area contributed by atoms with Crippen molar-refractivity contribution in [3.63, 3.8) is 0 Å². The molecule has 5 nitrogen and oxygen atoms in total. The third kappa shape index (κ3) is 4.78. The van der Waals surface area contributed by atoms with Crippen LogP contribution < -0.4 is 0 Å². The van der Waals surface area contributed by atoms with Gasteiger partial charge in [-0.3, -0.25) is 9.69 Å². The number of esters is 1. The summed E-state index contributed by atoms with van der Waals surface area (Å²) in [6.45, 7) is 4.55. The second-order valence-corrected chi connectivity index (χ2v) is 7.24. The molecule has 1 heterocycles. The smallest absolute Gasteiger partial charge is 0.329 e. The number of hydrogen-bond donors (Lipinski definition) is 0. The Labute approximate surface area is 166 Å². The zero-order valence-electron chi connectivity index (χ0n) is 16.6. The van der Waals surface area contributed by atoms with Crippen LogP contribution >= 0.6 is 0 Å². The predicted molar refractivity (Wildman–Crippen MR) is 109 cm³/mol. The summed E-state index contributed by atoms with van der Waals surface area (Å²) in [4.78, 5) is 29.5. The van der Waals surface area contributed by atoms with Crippen molar-refractivity contribution in [2.24, 2.45) is 0 Å². The fourth-order valence-corrected chi connectivity index (χ4v) is 3.71. The number of rotatable bonds is 6. The van der Waals surface area contributed by atoms with E-state index in [4.69, 9.17) is 4.74 Å². The highest BCUT2D eigenvalue weighted by Crippen LogP contribution is 2.22.